The maximum Gasteiger partial charge on any atom is 0.418 e. The number of morpholine rings is 1. The molecule has 1 fully saturated rings. The van der Waals surface area contributed by atoms with E-state index in [1.165, 1.54) is 6.07 Å². The van der Waals surface area contributed by atoms with E-state index in [-0.39, 0.29) is 11.6 Å². The minimum absolute atomic E-state index is 0.192. The standard InChI is InChI=1S/C22H23F3N2O2/c23-22(24,25)19-14-16(27-10-12-29-13-11-27)8-9-20(19)26-21(28)18-7-3-5-15-4-1-2-6-17(15)18/h1-2,4,6,8-9,14,18H,3,5,7,10-13H2,(H,26,28). The summed E-state index contributed by atoms with van der Waals surface area (Å²) in [6.07, 6.45) is -2.19. The minimum Gasteiger partial charge on any atom is -0.378 e. The maximum absolute atomic E-state index is 13.7. The van der Waals surface area contributed by atoms with E-state index in [0.717, 1.165) is 30.0 Å². The number of hydrogen-bond acceptors (Lipinski definition) is 3. The highest BCUT2D eigenvalue weighted by molar-refractivity contribution is 5.97. The topological polar surface area (TPSA) is 41.6 Å². The number of rotatable bonds is 3. The summed E-state index contributed by atoms with van der Waals surface area (Å²) in [5, 5.41) is 2.56. The van der Waals surface area contributed by atoms with Gasteiger partial charge in [0.25, 0.3) is 0 Å². The second-order valence-corrected chi connectivity index (χ2v) is 7.46. The number of amides is 1. The van der Waals surface area contributed by atoms with Gasteiger partial charge in [0.2, 0.25) is 5.91 Å². The summed E-state index contributed by atoms with van der Waals surface area (Å²) >= 11 is 0. The van der Waals surface area contributed by atoms with Crippen LogP contribution < -0.4 is 10.2 Å². The average Bonchev–Trinajstić information content (AvgIpc) is 2.73. The van der Waals surface area contributed by atoms with E-state index in [9.17, 15) is 18.0 Å². The molecule has 7 heteroatoms. The zero-order valence-corrected chi connectivity index (χ0v) is 16.0. The van der Waals surface area contributed by atoms with Gasteiger partial charge in [0.1, 0.15) is 0 Å². The lowest BCUT2D eigenvalue weighted by molar-refractivity contribution is -0.137. The average molecular weight is 404 g/mol. The molecule has 0 spiro atoms. The van der Waals surface area contributed by atoms with Crippen molar-refractivity contribution in [2.24, 2.45) is 0 Å². The molecule has 1 amide bonds. The Balaban J connectivity index is 1.60. The van der Waals surface area contributed by atoms with Crippen LogP contribution in [-0.2, 0) is 22.1 Å². The van der Waals surface area contributed by atoms with Crippen LogP contribution in [0.4, 0.5) is 24.5 Å². The number of nitrogens with zero attached hydrogens (tertiary/aromatic N) is 1. The number of hydrogen-bond donors (Lipinski definition) is 1. The van der Waals surface area contributed by atoms with Crippen molar-refractivity contribution in [1.29, 1.82) is 0 Å². The number of fused-ring (bicyclic) bond motifs is 1. The predicted octanol–water partition coefficient (Wildman–Crippen LogP) is 4.60. The molecule has 2 aliphatic rings. The van der Waals surface area contributed by atoms with Crippen LogP contribution in [0, 0.1) is 0 Å². The first-order valence-corrected chi connectivity index (χ1v) is 9.86. The lowest BCUT2D eigenvalue weighted by Gasteiger charge is -2.30. The van der Waals surface area contributed by atoms with Crippen LogP contribution in [0.1, 0.15) is 35.4 Å². The summed E-state index contributed by atoms with van der Waals surface area (Å²) in [7, 11) is 0. The van der Waals surface area contributed by atoms with Crippen molar-refractivity contribution in [3.05, 3.63) is 59.2 Å². The highest BCUT2D eigenvalue weighted by Crippen LogP contribution is 2.39. The highest BCUT2D eigenvalue weighted by Gasteiger charge is 2.36. The van der Waals surface area contributed by atoms with Crippen LogP contribution in [0.25, 0.3) is 0 Å². The van der Waals surface area contributed by atoms with E-state index in [1.807, 2.05) is 29.2 Å². The molecule has 1 N–H and O–H groups in total. The Bertz CT molecular complexity index is 892. The molecule has 2 aromatic carbocycles. The molecule has 4 nitrogen and oxygen atoms in total. The van der Waals surface area contributed by atoms with E-state index in [1.54, 1.807) is 6.07 Å². The SMILES string of the molecule is O=C(Nc1ccc(N2CCOCC2)cc1C(F)(F)F)C1CCCc2ccccc21. The Labute approximate surface area is 167 Å². The summed E-state index contributed by atoms with van der Waals surface area (Å²) in [5.41, 5.74) is 1.48. The zero-order valence-electron chi connectivity index (χ0n) is 16.0. The monoisotopic (exact) mass is 404 g/mol. The highest BCUT2D eigenvalue weighted by atomic mass is 19.4. The van der Waals surface area contributed by atoms with Crippen molar-refractivity contribution < 1.29 is 22.7 Å². The van der Waals surface area contributed by atoms with Gasteiger partial charge in [-0.15, -0.1) is 0 Å². The van der Waals surface area contributed by atoms with Crippen LogP contribution in [-0.4, -0.2) is 32.2 Å². The van der Waals surface area contributed by atoms with Crippen molar-refractivity contribution in [2.75, 3.05) is 36.5 Å². The molecule has 29 heavy (non-hydrogen) atoms. The van der Waals surface area contributed by atoms with Crippen molar-refractivity contribution in [2.45, 2.75) is 31.4 Å². The lowest BCUT2D eigenvalue weighted by atomic mass is 9.82. The van der Waals surface area contributed by atoms with Crippen molar-refractivity contribution >= 4 is 17.3 Å². The van der Waals surface area contributed by atoms with Crippen LogP contribution >= 0.6 is 0 Å². The number of carbonyl (C=O) groups excluding carboxylic acids is 1. The Hall–Kier alpha value is -2.54. The van der Waals surface area contributed by atoms with Gasteiger partial charge in [0.15, 0.2) is 0 Å². The fourth-order valence-corrected chi connectivity index (χ4v) is 4.14. The third kappa shape index (κ3) is 4.24. The third-order valence-corrected chi connectivity index (χ3v) is 5.63. The van der Waals surface area contributed by atoms with Crippen molar-refractivity contribution in [1.82, 2.24) is 0 Å². The number of alkyl halides is 3. The smallest absolute Gasteiger partial charge is 0.378 e. The molecule has 1 atom stereocenters. The largest absolute Gasteiger partial charge is 0.418 e. The second kappa shape index (κ2) is 8.06. The molecule has 0 bridgehead atoms. The fraction of sp³-hybridized carbons (Fsp3) is 0.409. The van der Waals surface area contributed by atoms with Gasteiger partial charge in [-0.1, -0.05) is 24.3 Å². The maximum atomic E-state index is 13.7. The first-order chi connectivity index (χ1) is 13.9. The molecule has 4 rings (SSSR count). The van der Waals surface area contributed by atoms with E-state index in [0.29, 0.717) is 38.4 Å². The van der Waals surface area contributed by atoms with Crippen LogP contribution in [0.2, 0.25) is 0 Å². The van der Waals surface area contributed by atoms with Gasteiger partial charge in [-0.05, 0) is 48.6 Å². The van der Waals surface area contributed by atoms with Gasteiger partial charge in [0.05, 0.1) is 30.4 Å². The Morgan fingerprint density at radius 3 is 2.62 bits per heavy atom. The summed E-state index contributed by atoms with van der Waals surface area (Å²) in [6.45, 7) is 2.06. The summed E-state index contributed by atoms with van der Waals surface area (Å²) in [6, 6.07) is 11.8. The number of nitrogens with one attached hydrogen (secondary N) is 1. The van der Waals surface area contributed by atoms with Gasteiger partial charge >= 0.3 is 6.18 Å². The zero-order chi connectivity index (χ0) is 20.4. The summed E-state index contributed by atoms with van der Waals surface area (Å²) in [5.74, 6) is -0.818. The van der Waals surface area contributed by atoms with Crippen LogP contribution in [0.3, 0.4) is 0 Å². The number of benzene rings is 2. The Kier molecular flexibility index (Phi) is 5.50. The van der Waals surface area contributed by atoms with Gasteiger partial charge in [0, 0.05) is 18.8 Å². The van der Waals surface area contributed by atoms with E-state index in [2.05, 4.69) is 5.32 Å². The predicted molar refractivity (Wildman–Crippen MR) is 105 cm³/mol. The van der Waals surface area contributed by atoms with Gasteiger partial charge in [-0.3, -0.25) is 4.79 Å². The lowest BCUT2D eigenvalue weighted by Crippen LogP contribution is -2.36. The van der Waals surface area contributed by atoms with E-state index < -0.39 is 17.7 Å². The molecule has 0 radical (unpaired) electrons. The number of ether oxygens (including phenoxy) is 1. The molecular formula is C22H23F3N2O2. The van der Waals surface area contributed by atoms with Crippen LogP contribution in [0.5, 0.6) is 0 Å². The quantitative estimate of drug-likeness (QED) is 0.813. The van der Waals surface area contributed by atoms with E-state index >= 15 is 0 Å². The molecular weight excluding hydrogens is 381 g/mol. The van der Waals surface area contributed by atoms with Gasteiger partial charge in [-0.25, -0.2) is 0 Å². The number of carbonyl (C=O) groups is 1. The molecule has 1 aliphatic carbocycles. The molecule has 2 aromatic rings. The van der Waals surface area contributed by atoms with Crippen LogP contribution in [0.15, 0.2) is 42.5 Å². The number of aryl methyl sites for hydroxylation is 1. The number of halogens is 3. The first-order valence-electron chi connectivity index (χ1n) is 9.86. The third-order valence-electron chi connectivity index (χ3n) is 5.63. The molecule has 154 valence electrons. The van der Waals surface area contributed by atoms with E-state index in [4.69, 9.17) is 4.74 Å². The Morgan fingerprint density at radius 1 is 1.10 bits per heavy atom. The molecule has 1 saturated heterocycles. The summed E-state index contributed by atoms with van der Waals surface area (Å²) < 4.78 is 46.5. The molecule has 0 saturated carbocycles. The minimum atomic E-state index is -4.56. The van der Waals surface area contributed by atoms with Crippen molar-refractivity contribution in [3.8, 4) is 0 Å². The Morgan fingerprint density at radius 2 is 1.86 bits per heavy atom. The molecule has 1 heterocycles. The van der Waals surface area contributed by atoms with Crippen molar-refractivity contribution in [3.63, 3.8) is 0 Å². The normalized spacial score (nSPS) is 19.6. The number of anilines is 2. The van der Waals surface area contributed by atoms with Gasteiger partial charge in [-0.2, -0.15) is 13.2 Å². The molecule has 1 unspecified atom stereocenters. The van der Waals surface area contributed by atoms with Gasteiger partial charge < -0.3 is 15.0 Å². The summed E-state index contributed by atoms with van der Waals surface area (Å²) in [4.78, 5) is 14.8. The second-order valence-electron chi connectivity index (χ2n) is 7.46. The molecule has 0 aromatic heterocycles. The fourth-order valence-electron chi connectivity index (χ4n) is 4.14. The first kappa shape index (κ1) is 19.8. The molecule has 1 aliphatic heterocycles.